The van der Waals surface area contributed by atoms with Gasteiger partial charge >= 0.3 is 0 Å². The first-order chi connectivity index (χ1) is 11.6. The number of benzene rings is 2. The van der Waals surface area contributed by atoms with Crippen LogP contribution in [0.25, 0.3) is 22.0 Å². The molecule has 1 amide bonds. The second kappa shape index (κ2) is 6.79. The van der Waals surface area contributed by atoms with Crippen LogP contribution in [0.2, 0.25) is 0 Å². The number of nitrogens with one attached hydrogen (secondary N) is 1. The van der Waals surface area contributed by atoms with E-state index in [9.17, 15) is 9.18 Å². The fraction of sp³-hybridized carbons (Fsp3) is 0.200. The van der Waals surface area contributed by atoms with Gasteiger partial charge in [-0.05, 0) is 37.1 Å². The first-order valence-corrected chi connectivity index (χ1v) is 8.05. The van der Waals surface area contributed by atoms with E-state index in [4.69, 9.17) is 0 Å². The van der Waals surface area contributed by atoms with Gasteiger partial charge in [0, 0.05) is 17.0 Å². The minimum absolute atomic E-state index is 0.0580. The summed E-state index contributed by atoms with van der Waals surface area (Å²) in [5.74, 6) is -0.560. The van der Waals surface area contributed by atoms with Gasteiger partial charge < -0.3 is 5.32 Å². The molecular weight excluding hydrogens is 303 g/mol. The van der Waals surface area contributed by atoms with Gasteiger partial charge in [-0.3, -0.25) is 4.79 Å². The molecule has 0 spiro atoms. The lowest BCUT2D eigenvalue weighted by molar-refractivity contribution is 0.0934. The van der Waals surface area contributed by atoms with Crippen molar-refractivity contribution in [2.75, 3.05) is 0 Å². The molecule has 1 aromatic heterocycles. The number of pyridine rings is 1. The molecule has 2 aromatic carbocycles. The number of hydrogen-bond donors (Lipinski definition) is 1. The molecule has 0 saturated carbocycles. The van der Waals surface area contributed by atoms with Gasteiger partial charge in [0.25, 0.3) is 5.91 Å². The van der Waals surface area contributed by atoms with Crippen molar-refractivity contribution in [3.63, 3.8) is 0 Å². The number of carbonyl (C=O) groups is 1. The summed E-state index contributed by atoms with van der Waals surface area (Å²) >= 11 is 0. The van der Waals surface area contributed by atoms with Crippen LogP contribution >= 0.6 is 0 Å². The lowest BCUT2D eigenvalue weighted by Crippen LogP contribution is -2.32. The fourth-order valence-electron chi connectivity index (χ4n) is 2.59. The lowest BCUT2D eigenvalue weighted by Gasteiger charge is -2.13. The van der Waals surface area contributed by atoms with Crippen molar-refractivity contribution in [1.82, 2.24) is 10.3 Å². The highest BCUT2D eigenvalue weighted by Crippen LogP contribution is 2.30. The number of nitrogens with zero attached hydrogens (tertiary/aromatic N) is 1. The van der Waals surface area contributed by atoms with Crippen molar-refractivity contribution in [3.8, 4) is 11.1 Å². The summed E-state index contributed by atoms with van der Waals surface area (Å²) in [7, 11) is 0. The molecule has 0 aliphatic heterocycles. The van der Waals surface area contributed by atoms with Crippen molar-refractivity contribution in [2.24, 2.45) is 0 Å². The molecule has 24 heavy (non-hydrogen) atoms. The number of para-hydroxylation sites is 1. The van der Waals surface area contributed by atoms with Crippen molar-refractivity contribution in [3.05, 3.63) is 66.1 Å². The maximum absolute atomic E-state index is 14.3. The molecule has 0 aliphatic carbocycles. The van der Waals surface area contributed by atoms with E-state index in [0.29, 0.717) is 22.3 Å². The first-order valence-electron chi connectivity index (χ1n) is 8.05. The van der Waals surface area contributed by atoms with E-state index in [0.717, 1.165) is 11.8 Å². The zero-order valence-electron chi connectivity index (χ0n) is 13.7. The van der Waals surface area contributed by atoms with Crippen LogP contribution in [-0.2, 0) is 0 Å². The average Bonchev–Trinajstić information content (AvgIpc) is 2.61. The third-order valence-electron chi connectivity index (χ3n) is 4.10. The molecular formula is C20H19FN2O. The predicted molar refractivity (Wildman–Crippen MR) is 94.4 cm³/mol. The Balaban J connectivity index is 2.17. The molecule has 0 bridgehead atoms. The van der Waals surface area contributed by atoms with Gasteiger partial charge in [-0.1, -0.05) is 43.3 Å². The second-order valence-electron chi connectivity index (χ2n) is 5.83. The van der Waals surface area contributed by atoms with Crippen LogP contribution in [0.15, 0.2) is 54.6 Å². The topological polar surface area (TPSA) is 42.0 Å². The Labute approximate surface area is 140 Å². The number of rotatable bonds is 4. The molecule has 3 aromatic rings. The minimum Gasteiger partial charge on any atom is -0.348 e. The number of aromatic nitrogens is 1. The molecule has 4 heteroatoms. The quantitative estimate of drug-likeness (QED) is 0.764. The summed E-state index contributed by atoms with van der Waals surface area (Å²) < 4.78 is 14.3. The number of amides is 1. The van der Waals surface area contributed by atoms with Crippen molar-refractivity contribution < 1.29 is 9.18 Å². The van der Waals surface area contributed by atoms with E-state index in [1.165, 1.54) is 6.07 Å². The van der Waals surface area contributed by atoms with Crippen LogP contribution in [0.3, 0.4) is 0 Å². The van der Waals surface area contributed by atoms with Gasteiger partial charge in [0.2, 0.25) is 0 Å². The highest BCUT2D eigenvalue weighted by Gasteiger charge is 2.16. The van der Waals surface area contributed by atoms with Crippen LogP contribution in [0.1, 0.15) is 30.8 Å². The summed E-state index contributed by atoms with van der Waals surface area (Å²) in [5, 5.41) is 3.73. The molecule has 1 unspecified atom stereocenters. The number of halogens is 1. The maximum atomic E-state index is 14.3. The Kier molecular flexibility index (Phi) is 4.56. The van der Waals surface area contributed by atoms with E-state index in [1.54, 1.807) is 24.3 Å². The van der Waals surface area contributed by atoms with Crippen LogP contribution in [0, 0.1) is 5.82 Å². The highest BCUT2D eigenvalue weighted by molar-refractivity contribution is 6.01. The van der Waals surface area contributed by atoms with E-state index in [2.05, 4.69) is 10.3 Å². The normalized spacial score (nSPS) is 12.1. The summed E-state index contributed by atoms with van der Waals surface area (Å²) in [5.41, 5.74) is 2.11. The number of carbonyl (C=O) groups excluding carboxylic acids is 1. The van der Waals surface area contributed by atoms with Gasteiger partial charge in [0.15, 0.2) is 0 Å². The minimum atomic E-state index is -0.317. The SMILES string of the molecule is CCC(C)NC(=O)c1cc(-c2ccccc2F)c2ccccc2n1. The third-order valence-corrected chi connectivity index (χ3v) is 4.10. The Morgan fingerprint density at radius 3 is 2.58 bits per heavy atom. The Morgan fingerprint density at radius 1 is 1.12 bits per heavy atom. The van der Waals surface area contributed by atoms with E-state index in [-0.39, 0.29) is 17.8 Å². The Bertz CT molecular complexity index is 892. The van der Waals surface area contributed by atoms with Gasteiger partial charge in [0.05, 0.1) is 5.52 Å². The molecule has 1 atom stereocenters. The smallest absolute Gasteiger partial charge is 0.270 e. The number of fused-ring (bicyclic) bond motifs is 1. The van der Waals surface area contributed by atoms with Crippen LogP contribution in [0.5, 0.6) is 0 Å². The molecule has 3 rings (SSSR count). The second-order valence-corrected chi connectivity index (χ2v) is 5.83. The molecule has 0 aliphatic rings. The molecule has 1 N–H and O–H groups in total. The van der Waals surface area contributed by atoms with Crippen LogP contribution < -0.4 is 5.32 Å². The van der Waals surface area contributed by atoms with Crippen molar-refractivity contribution in [2.45, 2.75) is 26.3 Å². The zero-order chi connectivity index (χ0) is 17.1. The number of hydrogen-bond acceptors (Lipinski definition) is 2. The zero-order valence-corrected chi connectivity index (χ0v) is 13.7. The molecule has 0 saturated heterocycles. The lowest BCUT2D eigenvalue weighted by atomic mass is 9.99. The summed E-state index contributed by atoms with van der Waals surface area (Å²) in [6.07, 6.45) is 0.833. The first kappa shape index (κ1) is 16.1. The molecule has 0 radical (unpaired) electrons. The van der Waals surface area contributed by atoms with Crippen LogP contribution in [-0.4, -0.2) is 16.9 Å². The summed E-state index contributed by atoms with van der Waals surface area (Å²) in [4.78, 5) is 16.9. The molecule has 0 fully saturated rings. The largest absolute Gasteiger partial charge is 0.348 e. The average molecular weight is 322 g/mol. The highest BCUT2D eigenvalue weighted by atomic mass is 19.1. The Hall–Kier alpha value is -2.75. The molecule has 122 valence electrons. The molecule has 1 heterocycles. The monoisotopic (exact) mass is 322 g/mol. The van der Waals surface area contributed by atoms with Crippen molar-refractivity contribution >= 4 is 16.8 Å². The van der Waals surface area contributed by atoms with E-state index < -0.39 is 0 Å². The Morgan fingerprint density at radius 2 is 1.83 bits per heavy atom. The predicted octanol–water partition coefficient (Wildman–Crippen LogP) is 4.57. The third kappa shape index (κ3) is 3.13. The van der Waals surface area contributed by atoms with E-state index in [1.807, 2.05) is 38.1 Å². The van der Waals surface area contributed by atoms with E-state index >= 15 is 0 Å². The van der Waals surface area contributed by atoms with Gasteiger partial charge in [-0.25, -0.2) is 9.37 Å². The van der Waals surface area contributed by atoms with Gasteiger partial charge in [-0.15, -0.1) is 0 Å². The maximum Gasteiger partial charge on any atom is 0.270 e. The summed E-state index contributed by atoms with van der Waals surface area (Å²) in [6, 6.07) is 15.8. The van der Waals surface area contributed by atoms with Gasteiger partial charge in [-0.2, -0.15) is 0 Å². The van der Waals surface area contributed by atoms with Gasteiger partial charge in [0.1, 0.15) is 11.5 Å². The van der Waals surface area contributed by atoms with Crippen LogP contribution in [0.4, 0.5) is 4.39 Å². The molecule has 3 nitrogen and oxygen atoms in total. The summed E-state index contributed by atoms with van der Waals surface area (Å²) in [6.45, 7) is 3.94. The van der Waals surface area contributed by atoms with Crippen molar-refractivity contribution in [1.29, 1.82) is 0 Å². The fourth-order valence-corrected chi connectivity index (χ4v) is 2.59. The standard InChI is InChI=1S/C20H19FN2O/c1-3-13(2)22-20(24)19-12-16(14-8-4-6-10-17(14)21)15-9-5-7-11-18(15)23-19/h4-13H,3H2,1-2H3,(H,22,24).